The van der Waals surface area contributed by atoms with Crippen LogP contribution < -0.4 is 5.73 Å². The van der Waals surface area contributed by atoms with Crippen molar-refractivity contribution in [3.8, 4) is 0 Å². The Morgan fingerprint density at radius 1 is 1.40 bits per heavy atom. The van der Waals surface area contributed by atoms with Crippen LogP contribution in [0.25, 0.3) is 11.1 Å². The van der Waals surface area contributed by atoms with E-state index in [1.807, 2.05) is 19.1 Å². The van der Waals surface area contributed by atoms with Gasteiger partial charge in [-0.15, -0.1) is 0 Å². The van der Waals surface area contributed by atoms with Crippen LogP contribution in [-0.2, 0) is 5.41 Å². The van der Waals surface area contributed by atoms with Crippen molar-refractivity contribution in [3.63, 3.8) is 0 Å². The van der Waals surface area contributed by atoms with E-state index in [0.717, 1.165) is 41.3 Å². The van der Waals surface area contributed by atoms with Gasteiger partial charge >= 0.3 is 0 Å². The average molecular weight is 293 g/mol. The summed E-state index contributed by atoms with van der Waals surface area (Å²) in [4.78, 5) is 4.69. The molecule has 2 aromatic rings. The molecule has 3 rings (SSSR count). The lowest BCUT2D eigenvalue weighted by Crippen LogP contribution is -2.38. The van der Waals surface area contributed by atoms with Gasteiger partial charge in [0.1, 0.15) is 5.52 Å². The highest BCUT2D eigenvalue weighted by atomic mass is 35.5. The van der Waals surface area contributed by atoms with Gasteiger partial charge in [-0.05, 0) is 56.2 Å². The van der Waals surface area contributed by atoms with Crippen LogP contribution in [0.1, 0.15) is 44.1 Å². The summed E-state index contributed by atoms with van der Waals surface area (Å²) in [5, 5.41) is 0.703. The number of aryl methyl sites for hydroxylation is 1. The molecule has 0 aliphatic heterocycles. The molecule has 0 saturated heterocycles. The molecule has 0 amide bonds. The van der Waals surface area contributed by atoms with Crippen LogP contribution in [0.2, 0.25) is 5.02 Å². The summed E-state index contributed by atoms with van der Waals surface area (Å²) in [6.07, 6.45) is 4.50. The molecule has 1 heterocycles. The predicted molar refractivity (Wildman–Crippen MR) is 82.1 cm³/mol. The minimum Gasteiger partial charge on any atom is -0.440 e. The third kappa shape index (κ3) is 2.23. The van der Waals surface area contributed by atoms with Gasteiger partial charge in [0, 0.05) is 11.6 Å². The highest BCUT2D eigenvalue weighted by molar-refractivity contribution is 6.31. The standard InChI is InChI=1S/C16H21ClN2O/c1-10-3-5-16(9-18,6-4-10)15-19-13-8-12(17)7-11(2)14(13)20-15/h7-8,10H,3-6,9,18H2,1-2H3. The first-order chi connectivity index (χ1) is 9.54. The van der Waals surface area contributed by atoms with Gasteiger partial charge in [-0.25, -0.2) is 4.98 Å². The third-order valence-corrected chi connectivity index (χ3v) is 4.93. The van der Waals surface area contributed by atoms with E-state index in [1.54, 1.807) is 0 Å². The minimum atomic E-state index is -0.0928. The molecule has 0 spiro atoms. The summed E-state index contributed by atoms with van der Waals surface area (Å²) in [6.45, 7) is 4.90. The first-order valence-electron chi connectivity index (χ1n) is 7.31. The zero-order valence-electron chi connectivity index (χ0n) is 12.1. The van der Waals surface area contributed by atoms with Crippen molar-refractivity contribution in [2.75, 3.05) is 6.54 Å². The van der Waals surface area contributed by atoms with Gasteiger partial charge in [0.15, 0.2) is 5.58 Å². The van der Waals surface area contributed by atoms with Crippen molar-refractivity contribution in [2.45, 2.75) is 44.9 Å². The van der Waals surface area contributed by atoms with E-state index < -0.39 is 0 Å². The fourth-order valence-corrected chi connectivity index (χ4v) is 3.47. The van der Waals surface area contributed by atoms with Crippen LogP contribution in [-0.4, -0.2) is 11.5 Å². The number of fused-ring (bicyclic) bond motifs is 1. The Labute approximate surface area is 124 Å². The van der Waals surface area contributed by atoms with Crippen LogP contribution in [0.3, 0.4) is 0 Å². The fraction of sp³-hybridized carbons (Fsp3) is 0.562. The molecule has 4 heteroatoms. The van der Waals surface area contributed by atoms with Crippen LogP contribution in [0, 0.1) is 12.8 Å². The molecule has 0 radical (unpaired) electrons. The Bertz CT molecular complexity index is 627. The smallest absolute Gasteiger partial charge is 0.202 e. The van der Waals surface area contributed by atoms with Crippen LogP contribution in [0.15, 0.2) is 16.5 Å². The van der Waals surface area contributed by atoms with Crippen molar-refractivity contribution in [1.82, 2.24) is 4.98 Å². The highest BCUT2D eigenvalue weighted by Gasteiger charge is 2.39. The lowest BCUT2D eigenvalue weighted by atomic mass is 9.71. The molecule has 108 valence electrons. The zero-order chi connectivity index (χ0) is 14.3. The topological polar surface area (TPSA) is 52.0 Å². The molecule has 20 heavy (non-hydrogen) atoms. The molecule has 1 aromatic heterocycles. The van der Waals surface area contributed by atoms with Crippen molar-refractivity contribution >= 4 is 22.7 Å². The van der Waals surface area contributed by atoms with Crippen LogP contribution >= 0.6 is 11.6 Å². The Hall–Kier alpha value is -1.06. The van der Waals surface area contributed by atoms with Crippen LogP contribution in [0.4, 0.5) is 0 Å². The molecule has 0 atom stereocenters. The molecule has 0 unspecified atom stereocenters. The van der Waals surface area contributed by atoms with E-state index >= 15 is 0 Å². The quantitative estimate of drug-likeness (QED) is 0.902. The second kappa shape index (κ2) is 5.05. The summed E-state index contributed by atoms with van der Waals surface area (Å²) in [5.74, 6) is 1.57. The lowest BCUT2D eigenvalue weighted by Gasteiger charge is -2.35. The normalized spacial score (nSPS) is 27.1. The van der Waals surface area contributed by atoms with Gasteiger partial charge in [-0.3, -0.25) is 0 Å². The molecule has 3 nitrogen and oxygen atoms in total. The van der Waals surface area contributed by atoms with Crippen molar-refractivity contribution < 1.29 is 4.42 Å². The largest absolute Gasteiger partial charge is 0.440 e. The zero-order valence-corrected chi connectivity index (χ0v) is 12.8. The summed E-state index contributed by atoms with van der Waals surface area (Å²) in [5.41, 5.74) is 8.70. The van der Waals surface area contributed by atoms with E-state index in [-0.39, 0.29) is 5.41 Å². The van der Waals surface area contributed by atoms with Gasteiger partial charge in [0.05, 0.1) is 5.41 Å². The summed E-state index contributed by atoms with van der Waals surface area (Å²) < 4.78 is 6.07. The van der Waals surface area contributed by atoms with Crippen molar-refractivity contribution in [1.29, 1.82) is 0 Å². The number of hydrogen-bond acceptors (Lipinski definition) is 3. The van der Waals surface area contributed by atoms with Gasteiger partial charge in [-0.1, -0.05) is 18.5 Å². The molecular weight excluding hydrogens is 272 g/mol. The number of aromatic nitrogens is 1. The maximum Gasteiger partial charge on any atom is 0.202 e. The van der Waals surface area contributed by atoms with Crippen molar-refractivity contribution in [2.24, 2.45) is 11.7 Å². The van der Waals surface area contributed by atoms with E-state index in [0.29, 0.717) is 11.6 Å². The second-order valence-corrected chi connectivity index (χ2v) is 6.69. The number of oxazole rings is 1. The van der Waals surface area contributed by atoms with Crippen LogP contribution in [0.5, 0.6) is 0 Å². The number of nitrogens with two attached hydrogens (primary N) is 1. The number of nitrogens with zero attached hydrogens (tertiary/aromatic N) is 1. The number of hydrogen-bond donors (Lipinski definition) is 1. The molecule has 1 aliphatic rings. The fourth-order valence-electron chi connectivity index (χ4n) is 3.20. The Morgan fingerprint density at radius 2 is 2.10 bits per heavy atom. The number of rotatable bonds is 2. The molecular formula is C16H21ClN2O. The Balaban J connectivity index is 2.06. The Morgan fingerprint density at radius 3 is 2.75 bits per heavy atom. The van der Waals surface area contributed by atoms with E-state index in [4.69, 9.17) is 26.7 Å². The second-order valence-electron chi connectivity index (χ2n) is 6.26. The number of halogens is 1. The van der Waals surface area contributed by atoms with E-state index in [1.165, 1.54) is 12.8 Å². The lowest BCUT2D eigenvalue weighted by molar-refractivity contribution is 0.210. The van der Waals surface area contributed by atoms with Gasteiger partial charge in [0.2, 0.25) is 5.89 Å². The molecule has 1 saturated carbocycles. The van der Waals surface area contributed by atoms with E-state index in [2.05, 4.69) is 6.92 Å². The molecule has 1 fully saturated rings. The van der Waals surface area contributed by atoms with Crippen molar-refractivity contribution in [3.05, 3.63) is 28.6 Å². The predicted octanol–water partition coefficient (Wildman–Crippen LogP) is 4.20. The molecule has 2 N–H and O–H groups in total. The Kier molecular flexibility index (Phi) is 3.51. The monoisotopic (exact) mass is 292 g/mol. The van der Waals surface area contributed by atoms with Gasteiger partial charge in [-0.2, -0.15) is 0 Å². The highest BCUT2D eigenvalue weighted by Crippen LogP contribution is 2.41. The maximum absolute atomic E-state index is 6.10. The number of benzene rings is 1. The summed E-state index contributed by atoms with van der Waals surface area (Å²) >= 11 is 6.10. The molecule has 1 aliphatic carbocycles. The van der Waals surface area contributed by atoms with E-state index in [9.17, 15) is 0 Å². The molecule has 1 aromatic carbocycles. The minimum absolute atomic E-state index is 0.0928. The first kappa shape index (κ1) is 13.9. The van der Waals surface area contributed by atoms with Gasteiger partial charge < -0.3 is 10.2 Å². The SMILES string of the molecule is Cc1cc(Cl)cc2nc(C3(CN)CCC(C)CC3)oc12. The first-order valence-corrected chi connectivity index (χ1v) is 7.69. The maximum atomic E-state index is 6.10. The third-order valence-electron chi connectivity index (χ3n) is 4.72. The summed E-state index contributed by atoms with van der Waals surface area (Å²) in [6, 6.07) is 3.78. The molecule has 0 bridgehead atoms. The summed E-state index contributed by atoms with van der Waals surface area (Å²) in [7, 11) is 0. The van der Waals surface area contributed by atoms with Gasteiger partial charge in [0.25, 0.3) is 0 Å². The average Bonchev–Trinajstić information content (AvgIpc) is 2.85.